The highest BCUT2D eigenvalue weighted by atomic mass is 35.5. The van der Waals surface area contributed by atoms with Crippen molar-refractivity contribution in [2.45, 2.75) is 32.2 Å². The van der Waals surface area contributed by atoms with Gasteiger partial charge in [-0.05, 0) is 43.3 Å². The summed E-state index contributed by atoms with van der Waals surface area (Å²) in [5.41, 5.74) is 0.149. The Kier molecular flexibility index (Phi) is 5.59. The summed E-state index contributed by atoms with van der Waals surface area (Å²) in [7, 11) is 0. The Morgan fingerprint density at radius 1 is 1.47 bits per heavy atom. The number of thiocarbonyl (C=S) groups is 1. The van der Waals surface area contributed by atoms with Crippen molar-refractivity contribution in [2.75, 3.05) is 5.32 Å². The summed E-state index contributed by atoms with van der Waals surface area (Å²) in [4.78, 5) is 0. The molecule has 0 spiro atoms. The van der Waals surface area contributed by atoms with Crippen LogP contribution in [0.5, 0.6) is 0 Å². The molecule has 0 aromatic heterocycles. The topological polar surface area (TPSA) is 24.1 Å². The van der Waals surface area contributed by atoms with Gasteiger partial charge in [-0.25, -0.2) is 4.39 Å². The van der Waals surface area contributed by atoms with Gasteiger partial charge in [0.05, 0.1) is 10.6 Å². The number of hydrogen-bond donors (Lipinski definition) is 2. The Balaban J connectivity index is 2.75. The predicted octanol–water partition coefficient (Wildman–Crippen LogP) is 3.96. The minimum atomic E-state index is -0.466. The molecule has 0 aliphatic rings. The molecule has 0 unspecified atom stereocenters. The fraction of sp³-hybridized carbons (Fsp3) is 0.357. The first kappa shape index (κ1) is 15.7. The van der Waals surface area contributed by atoms with Gasteiger partial charge in [-0.2, -0.15) is 0 Å². The van der Waals surface area contributed by atoms with Gasteiger partial charge in [0.1, 0.15) is 5.82 Å². The van der Waals surface area contributed by atoms with Crippen LogP contribution in [0.15, 0.2) is 18.2 Å². The fourth-order valence-corrected chi connectivity index (χ4v) is 2.11. The van der Waals surface area contributed by atoms with Crippen LogP contribution >= 0.6 is 23.8 Å². The lowest BCUT2D eigenvalue weighted by molar-refractivity contribution is 0.461. The third-order valence-electron chi connectivity index (χ3n) is 3.01. The molecule has 0 aliphatic heterocycles. The molecule has 1 rings (SSSR count). The van der Waals surface area contributed by atoms with Gasteiger partial charge in [0.15, 0.2) is 5.11 Å². The molecule has 0 heterocycles. The number of anilines is 1. The molecule has 0 bridgehead atoms. The zero-order valence-corrected chi connectivity index (χ0v) is 12.5. The second-order valence-corrected chi connectivity index (χ2v) is 4.96. The average Bonchev–Trinajstić information content (AvgIpc) is 2.40. The third-order valence-corrected chi connectivity index (χ3v) is 3.51. The number of halogens is 2. The molecule has 2 nitrogen and oxygen atoms in total. The van der Waals surface area contributed by atoms with E-state index in [0.29, 0.717) is 10.8 Å². The second-order valence-electron chi connectivity index (χ2n) is 4.14. The lowest BCUT2D eigenvalue weighted by Gasteiger charge is -2.28. The predicted molar refractivity (Wildman–Crippen MR) is 82.9 cm³/mol. The Morgan fingerprint density at radius 3 is 2.58 bits per heavy atom. The van der Waals surface area contributed by atoms with E-state index in [4.69, 9.17) is 30.2 Å². The van der Waals surface area contributed by atoms with Crippen molar-refractivity contribution in [3.05, 3.63) is 29.0 Å². The maximum Gasteiger partial charge on any atom is 0.171 e. The van der Waals surface area contributed by atoms with Crippen LogP contribution in [0, 0.1) is 18.2 Å². The van der Waals surface area contributed by atoms with Gasteiger partial charge in [-0.15, -0.1) is 6.42 Å². The fourth-order valence-electron chi connectivity index (χ4n) is 1.62. The SMILES string of the molecule is C#CC(CC)(CC)NC(=S)Nc1ccc(F)c(Cl)c1. The molecule has 0 atom stereocenters. The molecule has 5 heteroatoms. The normalized spacial score (nSPS) is 10.7. The van der Waals surface area contributed by atoms with E-state index in [2.05, 4.69) is 16.6 Å². The van der Waals surface area contributed by atoms with Crippen molar-refractivity contribution in [3.8, 4) is 12.3 Å². The average molecular weight is 299 g/mol. The molecule has 0 saturated carbocycles. The quantitative estimate of drug-likeness (QED) is 0.650. The molecule has 0 aliphatic carbocycles. The van der Waals surface area contributed by atoms with Crippen LogP contribution in [0.4, 0.5) is 10.1 Å². The van der Waals surface area contributed by atoms with E-state index < -0.39 is 11.4 Å². The second kappa shape index (κ2) is 6.74. The zero-order valence-electron chi connectivity index (χ0n) is 10.9. The van der Waals surface area contributed by atoms with Gasteiger partial charge < -0.3 is 10.6 Å². The maximum atomic E-state index is 13.0. The smallest absolute Gasteiger partial charge is 0.171 e. The van der Waals surface area contributed by atoms with Crippen molar-refractivity contribution in [2.24, 2.45) is 0 Å². The molecule has 0 amide bonds. The van der Waals surface area contributed by atoms with Crippen molar-refractivity contribution in [3.63, 3.8) is 0 Å². The minimum Gasteiger partial charge on any atom is -0.346 e. The van der Waals surface area contributed by atoms with Gasteiger partial charge >= 0.3 is 0 Å². The van der Waals surface area contributed by atoms with E-state index in [1.807, 2.05) is 13.8 Å². The summed E-state index contributed by atoms with van der Waals surface area (Å²) in [6.07, 6.45) is 7.06. The molecule has 0 saturated heterocycles. The summed E-state index contributed by atoms with van der Waals surface area (Å²) in [6, 6.07) is 4.31. The molecule has 19 heavy (non-hydrogen) atoms. The van der Waals surface area contributed by atoms with Crippen LogP contribution in [0.1, 0.15) is 26.7 Å². The largest absolute Gasteiger partial charge is 0.346 e. The standard InChI is InChI=1S/C14H16ClFN2S/c1-4-14(5-2,6-3)18-13(19)17-10-7-8-12(16)11(15)9-10/h1,7-9H,5-6H2,2-3H3,(H2,17,18,19). The minimum absolute atomic E-state index is 0.0435. The molecule has 0 fully saturated rings. The summed E-state index contributed by atoms with van der Waals surface area (Å²) in [5.74, 6) is 2.26. The molecule has 1 aromatic rings. The Hall–Kier alpha value is -1.31. The first-order chi connectivity index (χ1) is 8.96. The van der Waals surface area contributed by atoms with Gasteiger partial charge in [-0.3, -0.25) is 0 Å². The van der Waals surface area contributed by atoms with E-state index in [9.17, 15) is 4.39 Å². The first-order valence-electron chi connectivity index (χ1n) is 5.98. The zero-order chi connectivity index (χ0) is 14.5. The van der Waals surface area contributed by atoms with Gasteiger partial charge in [0.25, 0.3) is 0 Å². The van der Waals surface area contributed by atoms with E-state index in [1.54, 1.807) is 6.07 Å². The van der Waals surface area contributed by atoms with E-state index in [-0.39, 0.29) is 5.02 Å². The highest BCUT2D eigenvalue weighted by molar-refractivity contribution is 7.80. The number of hydrogen-bond acceptors (Lipinski definition) is 1. The van der Waals surface area contributed by atoms with Crippen LogP contribution in [-0.4, -0.2) is 10.7 Å². The summed E-state index contributed by atoms with van der Waals surface area (Å²) >= 11 is 10.9. The number of rotatable bonds is 4. The van der Waals surface area contributed by atoms with E-state index in [1.165, 1.54) is 12.1 Å². The van der Waals surface area contributed by atoms with Crippen molar-refractivity contribution in [1.29, 1.82) is 0 Å². The van der Waals surface area contributed by atoms with Gasteiger partial charge in [0.2, 0.25) is 0 Å². The van der Waals surface area contributed by atoms with Crippen LogP contribution < -0.4 is 10.6 Å². The van der Waals surface area contributed by atoms with Crippen molar-refractivity contribution < 1.29 is 4.39 Å². The van der Waals surface area contributed by atoms with Crippen LogP contribution in [0.25, 0.3) is 0 Å². The van der Waals surface area contributed by atoms with Crippen LogP contribution in [-0.2, 0) is 0 Å². The number of benzene rings is 1. The number of terminal acetylenes is 1. The summed E-state index contributed by atoms with van der Waals surface area (Å²) < 4.78 is 13.0. The summed E-state index contributed by atoms with van der Waals surface area (Å²) in [5, 5.41) is 6.49. The summed E-state index contributed by atoms with van der Waals surface area (Å²) in [6.45, 7) is 3.99. The Labute approximate surface area is 123 Å². The maximum absolute atomic E-state index is 13.0. The molecule has 1 aromatic carbocycles. The molecular formula is C14H16ClFN2S. The van der Waals surface area contributed by atoms with E-state index >= 15 is 0 Å². The molecular weight excluding hydrogens is 283 g/mol. The number of nitrogens with one attached hydrogen (secondary N) is 2. The Morgan fingerprint density at radius 2 is 2.11 bits per heavy atom. The van der Waals surface area contributed by atoms with Gasteiger partial charge in [-0.1, -0.05) is 31.4 Å². The van der Waals surface area contributed by atoms with E-state index in [0.717, 1.165) is 12.8 Å². The van der Waals surface area contributed by atoms with Crippen LogP contribution in [0.2, 0.25) is 5.02 Å². The van der Waals surface area contributed by atoms with Gasteiger partial charge in [0, 0.05) is 5.69 Å². The highest BCUT2D eigenvalue weighted by Crippen LogP contribution is 2.20. The van der Waals surface area contributed by atoms with Crippen molar-refractivity contribution in [1.82, 2.24) is 5.32 Å². The van der Waals surface area contributed by atoms with Crippen molar-refractivity contribution >= 4 is 34.6 Å². The lowest BCUT2D eigenvalue weighted by Crippen LogP contribution is -2.48. The monoisotopic (exact) mass is 298 g/mol. The van der Waals surface area contributed by atoms with Crippen LogP contribution in [0.3, 0.4) is 0 Å². The molecule has 102 valence electrons. The first-order valence-corrected chi connectivity index (χ1v) is 6.77. The lowest BCUT2D eigenvalue weighted by atomic mass is 9.94. The molecule has 0 radical (unpaired) electrons. The molecule has 2 N–H and O–H groups in total. The third kappa shape index (κ3) is 4.09. The highest BCUT2D eigenvalue weighted by Gasteiger charge is 2.23. The Bertz CT molecular complexity index is 507.